The number of ether oxygens (including phenoxy) is 2. The van der Waals surface area contributed by atoms with Gasteiger partial charge < -0.3 is 15.2 Å². The van der Waals surface area contributed by atoms with Crippen LogP contribution in [0.1, 0.15) is 51.3 Å². The van der Waals surface area contributed by atoms with E-state index in [1.54, 1.807) is 0 Å². The van der Waals surface area contributed by atoms with Gasteiger partial charge in [0.15, 0.2) is 11.6 Å². The van der Waals surface area contributed by atoms with Crippen molar-refractivity contribution in [1.82, 2.24) is 19.7 Å². The molecule has 0 aromatic carbocycles. The van der Waals surface area contributed by atoms with Crippen LogP contribution < -0.4 is 10.5 Å². The second-order valence-electron chi connectivity index (χ2n) is 9.80. The van der Waals surface area contributed by atoms with Crippen LogP contribution in [0.3, 0.4) is 0 Å². The van der Waals surface area contributed by atoms with E-state index in [0.29, 0.717) is 41.1 Å². The average molecular weight is 466 g/mol. The minimum atomic E-state index is -4.84. The lowest BCUT2D eigenvalue weighted by Crippen LogP contribution is -2.50. The summed E-state index contributed by atoms with van der Waals surface area (Å²) < 4.78 is 50.0. The molecule has 3 saturated carbocycles. The van der Waals surface area contributed by atoms with Gasteiger partial charge in [-0.05, 0) is 57.6 Å². The van der Waals surface area contributed by atoms with Crippen LogP contribution in [0.25, 0.3) is 11.3 Å². The van der Waals surface area contributed by atoms with Crippen molar-refractivity contribution in [3.05, 3.63) is 24.0 Å². The highest BCUT2D eigenvalue weighted by molar-refractivity contribution is 5.64. The van der Waals surface area contributed by atoms with E-state index in [-0.39, 0.29) is 11.9 Å². The van der Waals surface area contributed by atoms with Crippen molar-refractivity contribution < 1.29 is 22.6 Å². The lowest BCUT2D eigenvalue weighted by atomic mass is 9.69. The van der Waals surface area contributed by atoms with Gasteiger partial charge in [0.2, 0.25) is 0 Å². The summed E-state index contributed by atoms with van der Waals surface area (Å²) in [5.41, 5.74) is 7.79. The van der Waals surface area contributed by atoms with Gasteiger partial charge in [0, 0.05) is 48.0 Å². The summed E-state index contributed by atoms with van der Waals surface area (Å²) in [5.74, 6) is 0.753. The molecule has 2 unspecified atom stereocenters. The summed E-state index contributed by atoms with van der Waals surface area (Å²) in [4.78, 5) is 6.52. The highest BCUT2D eigenvalue weighted by atomic mass is 19.4. The first-order chi connectivity index (χ1) is 15.6. The van der Waals surface area contributed by atoms with Crippen LogP contribution in [0.4, 0.5) is 19.0 Å². The Labute approximate surface area is 191 Å². The van der Waals surface area contributed by atoms with Crippen LogP contribution in [-0.4, -0.2) is 57.9 Å². The Kier molecular flexibility index (Phi) is 5.55. The molecule has 10 heteroatoms. The van der Waals surface area contributed by atoms with Gasteiger partial charge in [-0.2, -0.15) is 5.10 Å². The molecule has 7 nitrogen and oxygen atoms in total. The van der Waals surface area contributed by atoms with Crippen molar-refractivity contribution in [2.45, 2.75) is 64.0 Å². The van der Waals surface area contributed by atoms with Crippen LogP contribution >= 0.6 is 0 Å². The Morgan fingerprint density at radius 2 is 2.03 bits per heavy atom. The van der Waals surface area contributed by atoms with Crippen molar-refractivity contribution in [2.75, 3.05) is 25.5 Å². The molecular formula is C23H30F3N5O2. The number of nitrogens with two attached hydrogens (primary N) is 1. The smallest absolute Gasteiger partial charge is 0.402 e. The number of halogens is 3. The number of fused-ring (bicyclic) bond motifs is 1. The standard InChI is InChI=1S/C23H30F3N5O2/c1-12(2)31-19(21-14-6-16(21)18(7-14)30-4-5-32-11-13(30)3)9-17(29-31)15-8-20(22(27)28-10-15)33-23(24,25)26/h8-10,12-14,16,18,21H,4-7,11H2,1-3H3,(H2,27,28)/t13-,14-,16?,18?,21-/m0/s1. The van der Waals surface area contributed by atoms with E-state index in [4.69, 9.17) is 15.6 Å². The lowest BCUT2D eigenvalue weighted by Gasteiger charge is -2.43. The maximum absolute atomic E-state index is 12.8. The largest absolute Gasteiger partial charge is 0.573 e. The quantitative estimate of drug-likeness (QED) is 0.713. The summed E-state index contributed by atoms with van der Waals surface area (Å²) in [5, 5.41) is 4.76. The molecule has 0 radical (unpaired) electrons. The highest BCUT2D eigenvalue weighted by Crippen LogP contribution is 2.61. The van der Waals surface area contributed by atoms with Gasteiger partial charge in [-0.3, -0.25) is 9.58 Å². The molecule has 2 aromatic rings. The number of hydrogen-bond donors (Lipinski definition) is 1. The Hall–Kier alpha value is -2.33. The topological polar surface area (TPSA) is 78.4 Å². The van der Waals surface area contributed by atoms with Crippen molar-refractivity contribution >= 4 is 5.82 Å². The van der Waals surface area contributed by atoms with Crippen LogP contribution in [-0.2, 0) is 4.74 Å². The second-order valence-corrected chi connectivity index (χ2v) is 9.80. The fraction of sp³-hybridized carbons (Fsp3) is 0.652. The van der Waals surface area contributed by atoms with Crippen LogP contribution in [0, 0.1) is 11.8 Å². The molecule has 0 amide bonds. The van der Waals surface area contributed by atoms with Crippen molar-refractivity contribution in [2.24, 2.45) is 11.8 Å². The molecule has 4 fully saturated rings. The summed E-state index contributed by atoms with van der Waals surface area (Å²) in [7, 11) is 0. The Morgan fingerprint density at radius 3 is 2.73 bits per heavy atom. The molecule has 4 aliphatic rings. The van der Waals surface area contributed by atoms with Gasteiger partial charge in [-0.25, -0.2) is 4.98 Å². The first kappa shape index (κ1) is 22.5. The maximum atomic E-state index is 12.8. The van der Waals surface area contributed by atoms with Gasteiger partial charge in [0.25, 0.3) is 0 Å². The van der Waals surface area contributed by atoms with Crippen LogP contribution in [0.15, 0.2) is 18.3 Å². The molecule has 3 aliphatic carbocycles. The zero-order valence-corrected chi connectivity index (χ0v) is 19.0. The first-order valence-corrected chi connectivity index (χ1v) is 11.6. The fourth-order valence-electron chi connectivity index (χ4n) is 6.01. The number of pyridine rings is 1. The second kappa shape index (κ2) is 8.16. The SMILES string of the molecule is CC(C)n1nc(-c2cnc(N)c(OC(F)(F)F)c2)cc1[C@@H]1C2C[C@H]1CC2N1CCOC[C@@H]1C. The van der Waals surface area contributed by atoms with Crippen molar-refractivity contribution in [3.8, 4) is 17.0 Å². The third-order valence-corrected chi connectivity index (χ3v) is 7.43. The molecule has 1 saturated heterocycles. The molecule has 2 bridgehead atoms. The van der Waals surface area contributed by atoms with E-state index in [0.717, 1.165) is 25.5 Å². The third kappa shape index (κ3) is 4.07. The fourth-order valence-corrected chi connectivity index (χ4v) is 6.01. The predicted molar refractivity (Wildman–Crippen MR) is 117 cm³/mol. The average Bonchev–Trinajstić information content (AvgIpc) is 3.42. The summed E-state index contributed by atoms with van der Waals surface area (Å²) >= 11 is 0. The number of anilines is 1. The monoisotopic (exact) mass is 465 g/mol. The van der Waals surface area contributed by atoms with Gasteiger partial charge in [0.1, 0.15) is 0 Å². The van der Waals surface area contributed by atoms with E-state index in [9.17, 15) is 13.2 Å². The van der Waals surface area contributed by atoms with Crippen LogP contribution in [0.2, 0.25) is 0 Å². The van der Waals surface area contributed by atoms with E-state index in [2.05, 4.69) is 35.4 Å². The Morgan fingerprint density at radius 1 is 1.24 bits per heavy atom. The van der Waals surface area contributed by atoms with Gasteiger partial charge >= 0.3 is 6.36 Å². The minimum absolute atomic E-state index is 0.127. The molecule has 180 valence electrons. The number of alkyl halides is 3. The number of nitrogens with zero attached hydrogens (tertiary/aromatic N) is 4. The summed E-state index contributed by atoms with van der Waals surface area (Å²) in [6.45, 7) is 8.90. The van der Waals surface area contributed by atoms with E-state index in [1.165, 1.54) is 25.1 Å². The van der Waals surface area contributed by atoms with Crippen LogP contribution in [0.5, 0.6) is 5.75 Å². The molecule has 0 spiro atoms. The van der Waals surface area contributed by atoms with Gasteiger partial charge in [-0.15, -0.1) is 13.2 Å². The molecule has 2 N–H and O–H groups in total. The van der Waals surface area contributed by atoms with E-state index < -0.39 is 12.1 Å². The molecule has 5 atom stereocenters. The molecule has 3 heterocycles. The summed E-state index contributed by atoms with van der Waals surface area (Å²) in [6.07, 6.45) is -1.01. The maximum Gasteiger partial charge on any atom is 0.573 e. The number of nitrogen functional groups attached to an aromatic ring is 1. The van der Waals surface area contributed by atoms with E-state index >= 15 is 0 Å². The highest BCUT2D eigenvalue weighted by Gasteiger charge is 2.56. The van der Waals surface area contributed by atoms with Gasteiger partial charge in [-0.1, -0.05) is 0 Å². The molecule has 6 rings (SSSR count). The lowest BCUT2D eigenvalue weighted by molar-refractivity contribution is -0.274. The van der Waals surface area contributed by atoms with Crippen molar-refractivity contribution in [1.29, 1.82) is 0 Å². The number of morpholine rings is 1. The molecular weight excluding hydrogens is 435 g/mol. The molecule has 1 aliphatic heterocycles. The number of rotatable bonds is 5. The Bertz CT molecular complexity index is 1020. The Balaban J connectivity index is 1.44. The number of aromatic nitrogens is 3. The molecule has 33 heavy (non-hydrogen) atoms. The van der Waals surface area contributed by atoms with Gasteiger partial charge in [0.05, 0.1) is 18.9 Å². The zero-order valence-electron chi connectivity index (χ0n) is 19.0. The van der Waals surface area contributed by atoms with Crippen molar-refractivity contribution in [3.63, 3.8) is 0 Å². The summed E-state index contributed by atoms with van der Waals surface area (Å²) in [6, 6.07) is 4.37. The first-order valence-electron chi connectivity index (χ1n) is 11.6. The zero-order chi connectivity index (χ0) is 23.5. The normalized spacial score (nSPS) is 30.0. The van der Waals surface area contributed by atoms with E-state index in [1.807, 2.05) is 10.7 Å². The predicted octanol–water partition coefficient (Wildman–Crippen LogP) is 4.22. The minimum Gasteiger partial charge on any atom is -0.402 e. The number of hydrogen-bond acceptors (Lipinski definition) is 6. The molecule has 2 aromatic heterocycles. The third-order valence-electron chi connectivity index (χ3n) is 7.43.